The normalized spacial score (nSPS) is 19.4. The van der Waals surface area contributed by atoms with E-state index in [-0.39, 0.29) is 29.0 Å². The number of carbonyl (C=O) groups is 3. The van der Waals surface area contributed by atoms with Crippen molar-refractivity contribution in [3.8, 4) is 0 Å². The minimum atomic E-state index is -0.196. The summed E-state index contributed by atoms with van der Waals surface area (Å²) in [5.41, 5.74) is 0. The molecule has 20 heavy (non-hydrogen) atoms. The van der Waals surface area contributed by atoms with Crippen LogP contribution in [0.3, 0.4) is 0 Å². The van der Waals surface area contributed by atoms with Gasteiger partial charge in [0.25, 0.3) is 5.24 Å². The van der Waals surface area contributed by atoms with Gasteiger partial charge in [-0.15, -0.1) is 11.3 Å². The van der Waals surface area contributed by atoms with Gasteiger partial charge in [0, 0.05) is 18.0 Å². The molecule has 0 saturated carbocycles. The summed E-state index contributed by atoms with van der Waals surface area (Å²) < 4.78 is 0. The van der Waals surface area contributed by atoms with Crippen LogP contribution in [-0.4, -0.2) is 51.9 Å². The number of likely N-dealkylation sites (tertiary alicyclic amines) is 1. The van der Waals surface area contributed by atoms with E-state index in [1.165, 1.54) is 4.90 Å². The molecular weight excluding hydrogens is 298 g/mol. The molecule has 1 aromatic heterocycles. The number of nitrogens with zero attached hydrogens (tertiary/aromatic N) is 2. The molecule has 0 bridgehead atoms. The van der Waals surface area contributed by atoms with Crippen molar-refractivity contribution in [2.45, 2.75) is 12.6 Å². The van der Waals surface area contributed by atoms with Gasteiger partial charge < -0.3 is 10.2 Å². The number of imide groups is 1. The van der Waals surface area contributed by atoms with Crippen LogP contribution in [-0.2, 0) is 11.3 Å². The standard InChI is InChI=1S/C12H13N3O3S2/c16-10-7-20-12(18)15(10)8-5-14(6-8)11(17)13-4-9-2-1-3-19-9/h1-3,8H,4-7H2,(H,13,17). The quantitative estimate of drug-likeness (QED) is 0.914. The molecule has 4 amide bonds. The lowest BCUT2D eigenvalue weighted by molar-refractivity contribution is -0.128. The fourth-order valence-corrected chi connectivity index (χ4v) is 3.61. The number of thioether (sulfide) groups is 1. The third-order valence-corrected chi connectivity index (χ3v) is 5.00. The van der Waals surface area contributed by atoms with Crippen LogP contribution in [0.25, 0.3) is 0 Å². The molecule has 0 radical (unpaired) electrons. The number of hydrogen-bond donors (Lipinski definition) is 1. The van der Waals surface area contributed by atoms with Gasteiger partial charge in [-0.25, -0.2) is 4.79 Å². The van der Waals surface area contributed by atoms with Gasteiger partial charge in [-0.2, -0.15) is 0 Å². The van der Waals surface area contributed by atoms with Crippen LogP contribution in [0.4, 0.5) is 9.59 Å². The number of nitrogens with one attached hydrogen (secondary N) is 1. The Morgan fingerprint density at radius 3 is 2.80 bits per heavy atom. The zero-order chi connectivity index (χ0) is 14.1. The molecule has 0 atom stereocenters. The van der Waals surface area contributed by atoms with Crippen molar-refractivity contribution in [3.63, 3.8) is 0 Å². The van der Waals surface area contributed by atoms with E-state index >= 15 is 0 Å². The largest absolute Gasteiger partial charge is 0.333 e. The lowest BCUT2D eigenvalue weighted by Gasteiger charge is -2.42. The predicted octanol–water partition coefficient (Wildman–Crippen LogP) is 1.34. The number of rotatable bonds is 3. The number of hydrogen-bond acceptors (Lipinski definition) is 5. The van der Waals surface area contributed by atoms with Crippen LogP contribution in [0.1, 0.15) is 4.88 Å². The molecule has 0 unspecified atom stereocenters. The second kappa shape index (κ2) is 5.45. The van der Waals surface area contributed by atoms with Gasteiger partial charge in [0.05, 0.1) is 18.3 Å². The zero-order valence-corrected chi connectivity index (χ0v) is 12.2. The van der Waals surface area contributed by atoms with Gasteiger partial charge in [0.2, 0.25) is 5.91 Å². The van der Waals surface area contributed by atoms with Crippen LogP contribution in [0, 0.1) is 0 Å². The fraction of sp³-hybridized carbons (Fsp3) is 0.417. The average molecular weight is 311 g/mol. The summed E-state index contributed by atoms with van der Waals surface area (Å²) in [6, 6.07) is 3.59. The van der Waals surface area contributed by atoms with Crippen molar-refractivity contribution in [1.29, 1.82) is 0 Å². The highest BCUT2D eigenvalue weighted by Crippen LogP contribution is 2.26. The van der Waals surface area contributed by atoms with Crippen molar-refractivity contribution < 1.29 is 14.4 Å². The molecule has 0 aliphatic carbocycles. The van der Waals surface area contributed by atoms with Gasteiger partial charge in [-0.1, -0.05) is 17.8 Å². The Morgan fingerprint density at radius 2 is 2.20 bits per heavy atom. The monoisotopic (exact) mass is 311 g/mol. The Hall–Kier alpha value is -1.54. The highest BCUT2D eigenvalue weighted by Gasteiger charge is 2.43. The molecule has 1 aromatic rings. The van der Waals surface area contributed by atoms with Crippen LogP contribution in [0.5, 0.6) is 0 Å². The average Bonchev–Trinajstić information content (AvgIpc) is 2.99. The predicted molar refractivity (Wildman–Crippen MR) is 76.6 cm³/mol. The van der Waals surface area contributed by atoms with Crippen molar-refractivity contribution >= 4 is 40.3 Å². The lowest BCUT2D eigenvalue weighted by Crippen LogP contribution is -2.63. The van der Waals surface area contributed by atoms with E-state index in [0.29, 0.717) is 19.6 Å². The minimum Gasteiger partial charge on any atom is -0.333 e. The Bertz CT molecular complexity index is 524. The molecule has 2 fully saturated rings. The second-order valence-electron chi connectivity index (χ2n) is 4.62. The summed E-state index contributed by atoms with van der Waals surface area (Å²) in [5.74, 6) is 0.0727. The summed E-state index contributed by atoms with van der Waals surface area (Å²) >= 11 is 2.62. The first kappa shape index (κ1) is 13.4. The molecule has 0 aromatic carbocycles. The maximum Gasteiger partial charge on any atom is 0.317 e. The Balaban J connectivity index is 1.46. The number of carbonyl (C=O) groups excluding carboxylic acids is 3. The van der Waals surface area contributed by atoms with Crippen molar-refractivity contribution in [2.24, 2.45) is 0 Å². The maximum absolute atomic E-state index is 11.9. The van der Waals surface area contributed by atoms with Crippen LogP contribution in [0.2, 0.25) is 0 Å². The van der Waals surface area contributed by atoms with Crippen LogP contribution >= 0.6 is 23.1 Å². The van der Waals surface area contributed by atoms with E-state index in [0.717, 1.165) is 16.6 Å². The van der Waals surface area contributed by atoms with Crippen LogP contribution in [0.15, 0.2) is 17.5 Å². The summed E-state index contributed by atoms with van der Waals surface area (Å²) in [6.45, 7) is 1.36. The molecule has 6 nitrogen and oxygen atoms in total. The number of amides is 4. The van der Waals surface area contributed by atoms with Gasteiger partial charge in [0.15, 0.2) is 0 Å². The molecule has 2 aliphatic heterocycles. The topological polar surface area (TPSA) is 69.7 Å². The first-order valence-electron chi connectivity index (χ1n) is 6.19. The smallest absolute Gasteiger partial charge is 0.317 e. The van der Waals surface area contributed by atoms with Gasteiger partial charge >= 0.3 is 6.03 Å². The van der Waals surface area contributed by atoms with E-state index in [9.17, 15) is 14.4 Å². The van der Waals surface area contributed by atoms with Crippen molar-refractivity contribution in [2.75, 3.05) is 18.8 Å². The molecule has 0 spiro atoms. The number of urea groups is 1. The molecule has 3 rings (SSSR count). The molecule has 106 valence electrons. The summed E-state index contributed by atoms with van der Waals surface area (Å²) in [7, 11) is 0. The van der Waals surface area contributed by atoms with E-state index in [1.54, 1.807) is 16.2 Å². The first-order valence-corrected chi connectivity index (χ1v) is 8.05. The van der Waals surface area contributed by atoms with E-state index in [1.807, 2.05) is 17.5 Å². The van der Waals surface area contributed by atoms with Gasteiger partial charge in [-0.05, 0) is 11.4 Å². The summed E-state index contributed by atoms with van der Waals surface area (Å²) in [4.78, 5) is 38.9. The third-order valence-electron chi connectivity index (χ3n) is 3.29. The SMILES string of the molecule is O=C(NCc1cccs1)N1CC(N2C(=O)CSC2=O)C1. The Labute approximate surface area is 124 Å². The van der Waals surface area contributed by atoms with Crippen molar-refractivity contribution in [1.82, 2.24) is 15.1 Å². The fourth-order valence-electron chi connectivity index (χ4n) is 2.19. The molecule has 2 saturated heterocycles. The first-order chi connectivity index (χ1) is 9.65. The lowest BCUT2D eigenvalue weighted by atomic mass is 10.1. The minimum absolute atomic E-state index is 0.149. The van der Waals surface area contributed by atoms with Crippen molar-refractivity contribution in [3.05, 3.63) is 22.4 Å². The maximum atomic E-state index is 11.9. The molecule has 1 N–H and O–H groups in total. The van der Waals surface area contributed by atoms with E-state index < -0.39 is 0 Å². The molecule has 3 heterocycles. The Morgan fingerprint density at radius 1 is 1.40 bits per heavy atom. The van der Waals surface area contributed by atoms with Gasteiger partial charge in [-0.3, -0.25) is 14.5 Å². The Kier molecular flexibility index (Phi) is 3.66. The summed E-state index contributed by atoms with van der Waals surface area (Å²) in [5, 5.41) is 4.59. The summed E-state index contributed by atoms with van der Waals surface area (Å²) in [6.07, 6.45) is 0. The van der Waals surface area contributed by atoms with Gasteiger partial charge in [0.1, 0.15) is 0 Å². The molecular formula is C12H13N3O3S2. The molecule has 8 heteroatoms. The van der Waals surface area contributed by atoms with E-state index in [2.05, 4.69) is 5.32 Å². The molecule has 2 aliphatic rings. The third kappa shape index (κ3) is 2.53. The highest BCUT2D eigenvalue weighted by atomic mass is 32.2. The highest BCUT2D eigenvalue weighted by molar-refractivity contribution is 8.14. The number of thiophene rings is 1. The van der Waals surface area contributed by atoms with E-state index in [4.69, 9.17) is 0 Å². The zero-order valence-electron chi connectivity index (χ0n) is 10.6. The second-order valence-corrected chi connectivity index (χ2v) is 6.57. The van der Waals surface area contributed by atoms with Crippen LogP contribution < -0.4 is 5.32 Å².